The molecule has 1 atom stereocenters. The van der Waals surface area contributed by atoms with Crippen molar-refractivity contribution in [3.8, 4) is 0 Å². The molecule has 0 aromatic carbocycles. The van der Waals surface area contributed by atoms with E-state index in [1.165, 1.54) is 31.9 Å². The minimum absolute atomic E-state index is 0.138. The summed E-state index contributed by atoms with van der Waals surface area (Å²) in [7, 11) is -3.65. The van der Waals surface area contributed by atoms with Crippen molar-refractivity contribution in [3.05, 3.63) is 11.9 Å². The third kappa shape index (κ3) is 3.61. The maximum Gasteiger partial charge on any atom is 0.241 e. The van der Waals surface area contributed by atoms with Crippen LogP contribution in [-0.2, 0) is 16.6 Å². The van der Waals surface area contributed by atoms with Crippen LogP contribution < -0.4 is 5.14 Å². The molecule has 1 aromatic rings. The molecule has 0 amide bonds. The Morgan fingerprint density at radius 1 is 1.50 bits per heavy atom. The van der Waals surface area contributed by atoms with Crippen LogP contribution >= 0.6 is 0 Å². The molecule has 1 aromatic heterocycles. The van der Waals surface area contributed by atoms with Crippen molar-refractivity contribution in [2.75, 3.05) is 0 Å². The summed E-state index contributed by atoms with van der Waals surface area (Å²) in [6.07, 6.45) is 7.50. The number of nitrogens with zero attached hydrogens (tertiary/aromatic N) is 2. The lowest BCUT2D eigenvalue weighted by molar-refractivity contribution is 0.347. The van der Waals surface area contributed by atoms with Crippen LogP contribution in [0.5, 0.6) is 0 Å². The minimum atomic E-state index is -3.65. The van der Waals surface area contributed by atoms with Crippen LogP contribution in [0.1, 0.15) is 51.6 Å². The zero-order valence-electron chi connectivity index (χ0n) is 12.6. The number of aryl methyl sites for hydroxylation is 1. The summed E-state index contributed by atoms with van der Waals surface area (Å²) in [5.74, 6) is 0.804. The van der Waals surface area contributed by atoms with Gasteiger partial charge < -0.3 is 0 Å². The fraction of sp³-hybridized carbons (Fsp3) is 0.786. The zero-order chi connectivity index (χ0) is 15.0. The molecule has 1 saturated carbocycles. The lowest BCUT2D eigenvalue weighted by Crippen LogP contribution is -2.13. The van der Waals surface area contributed by atoms with E-state index < -0.39 is 10.0 Å². The van der Waals surface area contributed by atoms with Gasteiger partial charge in [-0.1, -0.05) is 13.8 Å². The Labute approximate surface area is 121 Å². The summed E-state index contributed by atoms with van der Waals surface area (Å²) in [4.78, 5) is 0.138. The van der Waals surface area contributed by atoms with Crippen LogP contribution in [0.2, 0.25) is 0 Å². The summed E-state index contributed by atoms with van der Waals surface area (Å²) >= 11 is 0. The number of hydrogen-bond acceptors (Lipinski definition) is 3. The number of primary sulfonamides is 1. The first-order chi connectivity index (χ1) is 9.19. The second kappa shape index (κ2) is 5.48. The predicted octanol–water partition coefficient (Wildman–Crippen LogP) is 2.45. The fourth-order valence-electron chi connectivity index (χ4n) is 3.29. The number of sulfonamides is 1. The SMILES string of the molecule is Cc1c(S(N)(=O)=O)cnn1CCCC1CCC(C)(C)C1. The van der Waals surface area contributed by atoms with Crippen molar-refractivity contribution in [2.45, 2.75) is 64.3 Å². The van der Waals surface area contributed by atoms with Gasteiger partial charge in [0.05, 0.1) is 11.9 Å². The summed E-state index contributed by atoms with van der Waals surface area (Å²) in [5, 5.41) is 9.28. The van der Waals surface area contributed by atoms with Gasteiger partial charge >= 0.3 is 0 Å². The van der Waals surface area contributed by atoms with Crippen LogP contribution in [0.15, 0.2) is 11.1 Å². The van der Waals surface area contributed by atoms with Gasteiger partial charge in [-0.05, 0) is 50.4 Å². The van der Waals surface area contributed by atoms with Crippen molar-refractivity contribution >= 4 is 10.0 Å². The molecule has 0 spiro atoms. The molecule has 20 heavy (non-hydrogen) atoms. The van der Waals surface area contributed by atoms with Crippen molar-refractivity contribution in [3.63, 3.8) is 0 Å². The molecule has 5 nitrogen and oxygen atoms in total. The lowest BCUT2D eigenvalue weighted by atomic mass is 9.89. The molecule has 0 saturated heterocycles. The van der Waals surface area contributed by atoms with Gasteiger partial charge in [0.1, 0.15) is 4.90 Å². The Hall–Kier alpha value is -0.880. The maximum absolute atomic E-state index is 11.3. The largest absolute Gasteiger partial charge is 0.268 e. The van der Waals surface area contributed by atoms with E-state index in [2.05, 4.69) is 18.9 Å². The molecule has 1 fully saturated rings. The number of hydrogen-bond donors (Lipinski definition) is 1. The third-order valence-corrected chi connectivity index (χ3v) is 5.43. The molecule has 1 aliphatic rings. The quantitative estimate of drug-likeness (QED) is 0.907. The molecule has 2 N–H and O–H groups in total. The summed E-state index contributed by atoms with van der Waals surface area (Å²) in [6.45, 7) is 7.19. The number of nitrogens with two attached hydrogens (primary N) is 1. The second-order valence-corrected chi connectivity index (χ2v) is 8.31. The molecule has 0 radical (unpaired) electrons. The van der Waals surface area contributed by atoms with Gasteiger partial charge in [0.15, 0.2) is 0 Å². The predicted molar refractivity (Wildman–Crippen MR) is 78.7 cm³/mol. The second-order valence-electron chi connectivity index (χ2n) is 6.78. The molecule has 2 rings (SSSR count). The van der Waals surface area contributed by atoms with Crippen LogP contribution in [0.3, 0.4) is 0 Å². The van der Waals surface area contributed by atoms with Crippen LogP contribution in [0.4, 0.5) is 0 Å². The van der Waals surface area contributed by atoms with Gasteiger partial charge in [-0.15, -0.1) is 0 Å². The standard InChI is InChI=1S/C14H25N3O2S/c1-11-13(20(15,18)19)10-16-17(11)8-4-5-12-6-7-14(2,3)9-12/h10,12H,4-9H2,1-3H3,(H2,15,18,19). The Morgan fingerprint density at radius 2 is 2.20 bits per heavy atom. The lowest BCUT2D eigenvalue weighted by Gasteiger charge is -2.17. The van der Waals surface area contributed by atoms with E-state index in [9.17, 15) is 8.42 Å². The molecule has 114 valence electrons. The highest BCUT2D eigenvalue weighted by molar-refractivity contribution is 7.89. The van der Waals surface area contributed by atoms with Gasteiger partial charge in [0, 0.05) is 6.54 Å². The Morgan fingerprint density at radius 3 is 2.70 bits per heavy atom. The molecule has 1 aliphatic carbocycles. The molecule has 0 bridgehead atoms. The Kier molecular flexibility index (Phi) is 4.25. The van der Waals surface area contributed by atoms with E-state index in [4.69, 9.17) is 5.14 Å². The highest BCUT2D eigenvalue weighted by atomic mass is 32.2. The average molecular weight is 299 g/mol. The van der Waals surface area contributed by atoms with Crippen molar-refractivity contribution in [1.29, 1.82) is 0 Å². The maximum atomic E-state index is 11.3. The minimum Gasteiger partial charge on any atom is -0.268 e. The first-order valence-electron chi connectivity index (χ1n) is 7.24. The number of rotatable bonds is 5. The highest BCUT2D eigenvalue weighted by Crippen LogP contribution is 2.42. The van der Waals surface area contributed by atoms with Gasteiger partial charge in [0.2, 0.25) is 10.0 Å². The normalized spacial score (nSPS) is 22.3. The number of aromatic nitrogens is 2. The summed E-state index contributed by atoms with van der Waals surface area (Å²) in [6, 6.07) is 0. The Balaban J connectivity index is 1.88. The van der Waals surface area contributed by atoms with Crippen LogP contribution in [-0.4, -0.2) is 18.2 Å². The third-order valence-electron chi connectivity index (χ3n) is 4.42. The molecular formula is C14H25N3O2S. The molecule has 1 heterocycles. The van der Waals surface area contributed by atoms with Gasteiger partial charge in [-0.2, -0.15) is 5.10 Å². The first-order valence-corrected chi connectivity index (χ1v) is 8.79. The van der Waals surface area contributed by atoms with E-state index in [1.807, 2.05) is 0 Å². The topological polar surface area (TPSA) is 78.0 Å². The van der Waals surface area contributed by atoms with Gasteiger partial charge in [-0.3, -0.25) is 4.68 Å². The average Bonchev–Trinajstić information content (AvgIpc) is 2.82. The van der Waals surface area contributed by atoms with Crippen molar-refractivity contribution < 1.29 is 8.42 Å². The molecule has 0 aliphatic heterocycles. The molecule has 6 heteroatoms. The zero-order valence-corrected chi connectivity index (χ0v) is 13.4. The van der Waals surface area contributed by atoms with E-state index >= 15 is 0 Å². The summed E-state index contributed by atoms with van der Waals surface area (Å²) in [5.41, 5.74) is 1.13. The van der Waals surface area contributed by atoms with E-state index in [0.717, 1.165) is 18.9 Å². The van der Waals surface area contributed by atoms with E-state index in [-0.39, 0.29) is 4.90 Å². The van der Waals surface area contributed by atoms with Crippen molar-refractivity contribution in [1.82, 2.24) is 9.78 Å². The smallest absolute Gasteiger partial charge is 0.241 e. The van der Waals surface area contributed by atoms with E-state index in [1.54, 1.807) is 11.6 Å². The van der Waals surface area contributed by atoms with Gasteiger partial charge in [0.25, 0.3) is 0 Å². The van der Waals surface area contributed by atoms with Gasteiger partial charge in [-0.25, -0.2) is 13.6 Å². The van der Waals surface area contributed by atoms with Crippen LogP contribution in [0, 0.1) is 18.3 Å². The highest BCUT2D eigenvalue weighted by Gasteiger charge is 2.30. The monoisotopic (exact) mass is 299 g/mol. The summed E-state index contributed by atoms with van der Waals surface area (Å²) < 4.78 is 24.4. The van der Waals surface area contributed by atoms with Crippen LogP contribution in [0.25, 0.3) is 0 Å². The van der Waals surface area contributed by atoms with Crippen molar-refractivity contribution in [2.24, 2.45) is 16.5 Å². The first kappa shape index (κ1) is 15.5. The Bertz CT molecular complexity index is 575. The van der Waals surface area contributed by atoms with E-state index in [0.29, 0.717) is 11.1 Å². The fourth-order valence-corrected chi connectivity index (χ4v) is 4.00. The molecule has 1 unspecified atom stereocenters. The molecular weight excluding hydrogens is 274 g/mol.